The van der Waals surface area contributed by atoms with Gasteiger partial charge in [0.1, 0.15) is 0 Å². The van der Waals surface area contributed by atoms with Crippen LogP contribution in [-0.4, -0.2) is 53.7 Å². The van der Waals surface area contributed by atoms with Crippen LogP contribution >= 0.6 is 11.8 Å². The van der Waals surface area contributed by atoms with Gasteiger partial charge in [-0.25, -0.2) is 0 Å². The van der Waals surface area contributed by atoms with Gasteiger partial charge in [0.05, 0.1) is 12.1 Å². The third-order valence-corrected chi connectivity index (χ3v) is 5.24. The number of carbonyl (C=O) groups is 1. The van der Waals surface area contributed by atoms with Crippen molar-refractivity contribution in [1.29, 1.82) is 0 Å². The zero-order valence-corrected chi connectivity index (χ0v) is 13.5. The van der Waals surface area contributed by atoms with Crippen molar-refractivity contribution in [2.45, 2.75) is 57.7 Å². The number of rotatable bonds is 6. The molecule has 2 N–H and O–H groups in total. The lowest BCUT2D eigenvalue weighted by Gasteiger charge is -2.33. The fourth-order valence-corrected chi connectivity index (χ4v) is 4.24. The Morgan fingerprint density at radius 3 is 2.80 bits per heavy atom. The molecule has 0 spiro atoms. The molecular formula is C15H28N2O2S. The Morgan fingerprint density at radius 2 is 2.25 bits per heavy atom. The lowest BCUT2D eigenvalue weighted by molar-refractivity contribution is -0.136. The first-order valence-electron chi connectivity index (χ1n) is 7.83. The van der Waals surface area contributed by atoms with Crippen LogP contribution in [0.4, 0.5) is 0 Å². The van der Waals surface area contributed by atoms with Crippen molar-refractivity contribution in [3.8, 4) is 0 Å². The Bertz CT molecular complexity index is 313. The van der Waals surface area contributed by atoms with Gasteiger partial charge in [0, 0.05) is 24.9 Å². The SMILES string of the molecule is CC(C)CC(N)C(=O)N(CC1CCCO1)C1CCSC1. The summed E-state index contributed by atoms with van der Waals surface area (Å²) in [6.07, 6.45) is 4.27. The van der Waals surface area contributed by atoms with E-state index in [0.717, 1.165) is 50.3 Å². The average Bonchev–Trinajstić information content (AvgIpc) is 3.07. The number of nitrogens with two attached hydrogens (primary N) is 1. The normalized spacial score (nSPS) is 28.0. The van der Waals surface area contributed by atoms with E-state index in [1.165, 1.54) is 0 Å². The Labute approximate surface area is 126 Å². The smallest absolute Gasteiger partial charge is 0.239 e. The zero-order valence-electron chi connectivity index (χ0n) is 12.7. The predicted molar refractivity (Wildman–Crippen MR) is 83.8 cm³/mol. The third-order valence-electron chi connectivity index (χ3n) is 4.10. The molecule has 0 aliphatic carbocycles. The summed E-state index contributed by atoms with van der Waals surface area (Å²) in [5.74, 6) is 2.78. The molecule has 0 aromatic heterocycles. The second kappa shape index (κ2) is 7.66. The molecule has 2 heterocycles. The fraction of sp³-hybridized carbons (Fsp3) is 0.933. The maximum atomic E-state index is 12.7. The number of amides is 1. The lowest BCUT2D eigenvalue weighted by atomic mass is 10.0. The molecule has 0 radical (unpaired) electrons. The van der Waals surface area contributed by atoms with E-state index in [1.807, 2.05) is 16.7 Å². The van der Waals surface area contributed by atoms with Gasteiger partial charge < -0.3 is 15.4 Å². The van der Waals surface area contributed by atoms with E-state index in [1.54, 1.807) is 0 Å². The largest absolute Gasteiger partial charge is 0.376 e. The quantitative estimate of drug-likeness (QED) is 0.813. The minimum absolute atomic E-state index is 0.127. The molecule has 1 amide bonds. The van der Waals surface area contributed by atoms with E-state index in [9.17, 15) is 4.79 Å². The molecule has 3 atom stereocenters. The van der Waals surface area contributed by atoms with Crippen molar-refractivity contribution < 1.29 is 9.53 Å². The molecule has 0 aromatic rings. The van der Waals surface area contributed by atoms with E-state index >= 15 is 0 Å². The van der Waals surface area contributed by atoms with E-state index in [4.69, 9.17) is 10.5 Å². The van der Waals surface area contributed by atoms with Gasteiger partial charge in [-0.15, -0.1) is 0 Å². The highest BCUT2D eigenvalue weighted by Gasteiger charge is 2.33. The molecule has 2 fully saturated rings. The van der Waals surface area contributed by atoms with Gasteiger partial charge in [-0.05, 0) is 37.4 Å². The van der Waals surface area contributed by atoms with Crippen molar-refractivity contribution in [1.82, 2.24) is 4.90 Å². The van der Waals surface area contributed by atoms with Gasteiger partial charge in [0.15, 0.2) is 0 Å². The highest BCUT2D eigenvalue weighted by Crippen LogP contribution is 2.25. The number of hydrogen-bond acceptors (Lipinski definition) is 4. The first-order chi connectivity index (χ1) is 9.58. The van der Waals surface area contributed by atoms with Gasteiger partial charge in [-0.1, -0.05) is 13.8 Å². The van der Waals surface area contributed by atoms with Gasteiger partial charge >= 0.3 is 0 Å². The molecule has 4 nitrogen and oxygen atoms in total. The summed E-state index contributed by atoms with van der Waals surface area (Å²) in [6.45, 7) is 5.80. The van der Waals surface area contributed by atoms with Crippen LogP contribution in [0.2, 0.25) is 0 Å². The molecule has 0 saturated carbocycles. The molecule has 0 bridgehead atoms. The van der Waals surface area contributed by atoms with E-state index in [2.05, 4.69) is 13.8 Å². The maximum absolute atomic E-state index is 12.7. The summed E-state index contributed by atoms with van der Waals surface area (Å²) in [6, 6.07) is -0.00286. The standard InChI is InChI=1S/C15H28N2O2S/c1-11(2)8-14(16)15(18)17(12-5-7-20-10-12)9-13-4-3-6-19-13/h11-14H,3-10,16H2,1-2H3. The van der Waals surface area contributed by atoms with Gasteiger partial charge in [-0.2, -0.15) is 11.8 Å². The van der Waals surface area contributed by atoms with Crippen molar-refractivity contribution in [2.75, 3.05) is 24.7 Å². The summed E-state index contributed by atoms with van der Waals surface area (Å²) < 4.78 is 5.71. The van der Waals surface area contributed by atoms with Crippen LogP contribution in [-0.2, 0) is 9.53 Å². The molecule has 0 aromatic carbocycles. The minimum atomic E-state index is -0.359. The summed E-state index contributed by atoms with van der Waals surface area (Å²) in [7, 11) is 0. The van der Waals surface area contributed by atoms with Crippen molar-refractivity contribution in [3.63, 3.8) is 0 Å². The Balaban J connectivity index is 1.98. The van der Waals surface area contributed by atoms with Crippen LogP contribution in [0.25, 0.3) is 0 Å². The Morgan fingerprint density at radius 1 is 1.45 bits per heavy atom. The topological polar surface area (TPSA) is 55.6 Å². The predicted octanol–water partition coefficient (Wildman–Crippen LogP) is 1.87. The molecule has 116 valence electrons. The monoisotopic (exact) mass is 300 g/mol. The van der Waals surface area contributed by atoms with E-state index < -0.39 is 0 Å². The molecule has 2 saturated heterocycles. The van der Waals surface area contributed by atoms with Gasteiger partial charge in [0.25, 0.3) is 0 Å². The molecule has 2 rings (SSSR count). The molecule has 3 unspecified atom stereocenters. The minimum Gasteiger partial charge on any atom is -0.376 e. The van der Waals surface area contributed by atoms with Crippen LogP contribution in [0.15, 0.2) is 0 Å². The highest BCUT2D eigenvalue weighted by atomic mass is 32.2. The summed E-state index contributed by atoms with van der Waals surface area (Å²) in [5.41, 5.74) is 6.12. The van der Waals surface area contributed by atoms with Crippen molar-refractivity contribution >= 4 is 17.7 Å². The second-order valence-corrected chi connectivity index (χ2v) is 7.53. The Kier molecular flexibility index (Phi) is 6.18. The second-order valence-electron chi connectivity index (χ2n) is 6.38. The Hall–Kier alpha value is -0.260. The van der Waals surface area contributed by atoms with Crippen LogP contribution in [0.1, 0.15) is 39.5 Å². The van der Waals surface area contributed by atoms with Crippen LogP contribution < -0.4 is 5.73 Å². The summed E-state index contributed by atoms with van der Waals surface area (Å²) in [5, 5.41) is 0. The van der Waals surface area contributed by atoms with Gasteiger partial charge in [-0.3, -0.25) is 4.79 Å². The van der Waals surface area contributed by atoms with E-state index in [-0.39, 0.29) is 18.1 Å². The first-order valence-corrected chi connectivity index (χ1v) is 8.98. The maximum Gasteiger partial charge on any atom is 0.239 e. The molecular weight excluding hydrogens is 272 g/mol. The molecule has 20 heavy (non-hydrogen) atoms. The van der Waals surface area contributed by atoms with E-state index in [0.29, 0.717) is 12.0 Å². The van der Waals surface area contributed by atoms with Gasteiger partial charge in [0.2, 0.25) is 5.91 Å². The number of thioether (sulfide) groups is 1. The highest BCUT2D eigenvalue weighted by molar-refractivity contribution is 7.99. The van der Waals surface area contributed by atoms with Crippen LogP contribution in [0.5, 0.6) is 0 Å². The van der Waals surface area contributed by atoms with Crippen molar-refractivity contribution in [2.24, 2.45) is 11.7 Å². The lowest BCUT2D eigenvalue weighted by Crippen LogP contribution is -2.51. The summed E-state index contributed by atoms with van der Waals surface area (Å²) >= 11 is 1.94. The first kappa shape index (κ1) is 16.1. The van der Waals surface area contributed by atoms with Crippen LogP contribution in [0.3, 0.4) is 0 Å². The number of ether oxygens (including phenoxy) is 1. The summed E-state index contributed by atoms with van der Waals surface area (Å²) in [4.78, 5) is 14.7. The number of nitrogens with zero attached hydrogens (tertiary/aromatic N) is 1. The van der Waals surface area contributed by atoms with Crippen molar-refractivity contribution in [3.05, 3.63) is 0 Å². The number of carbonyl (C=O) groups excluding carboxylic acids is 1. The van der Waals surface area contributed by atoms with Crippen LogP contribution in [0, 0.1) is 5.92 Å². The fourth-order valence-electron chi connectivity index (χ4n) is 3.02. The molecule has 2 aliphatic rings. The molecule has 5 heteroatoms. The molecule has 2 aliphatic heterocycles. The average molecular weight is 300 g/mol. The number of hydrogen-bond donors (Lipinski definition) is 1. The third kappa shape index (κ3) is 4.37. The zero-order chi connectivity index (χ0) is 14.5.